The van der Waals surface area contributed by atoms with Gasteiger partial charge in [-0.05, 0) is 30.3 Å². The summed E-state index contributed by atoms with van der Waals surface area (Å²) in [5.41, 5.74) is 3.52. The van der Waals surface area contributed by atoms with Crippen LogP contribution >= 0.6 is 15.9 Å². The minimum Gasteiger partial charge on any atom is -0.337 e. The SMILES string of the molecule is CC(=O)On1c2c(c3ccccc31)CN(C(=O)c1ccc(Br)cc1)CC2. The number of carbonyl (C=O) groups is 2. The summed E-state index contributed by atoms with van der Waals surface area (Å²) in [4.78, 5) is 31.6. The lowest BCUT2D eigenvalue weighted by atomic mass is 10.0. The van der Waals surface area contributed by atoms with E-state index < -0.39 is 0 Å². The number of carbonyl (C=O) groups excluding carboxylic acids is 2. The predicted molar refractivity (Wildman–Crippen MR) is 102 cm³/mol. The third kappa shape index (κ3) is 2.90. The highest BCUT2D eigenvalue weighted by molar-refractivity contribution is 9.10. The molecular weight excluding hydrogens is 396 g/mol. The molecule has 132 valence electrons. The molecule has 5 nitrogen and oxygen atoms in total. The topological polar surface area (TPSA) is 51.5 Å². The molecule has 3 aromatic rings. The second-order valence-corrected chi connectivity index (χ2v) is 7.22. The number of aromatic nitrogens is 1. The highest BCUT2D eigenvalue weighted by atomic mass is 79.9. The van der Waals surface area contributed by atoms with Gasteiger partial charge in [0.15, 0.2) is 0 Å². The Morgan fingerprint density at radius 2 is 1.81 bits per heavy atom. The summed E-state index contributed by atoms with van der Waals surface area (Å²) in [5.74, 6) is -0.352. The van der Waals surface area contributed by atoms with Crippen molar-refractivity contribution in [2.75, 3.05) is 6.54 Å². The van der Waals surface area contributed by atoms with Crippen LogP contribution < -0.4 is 4.84 Å². The Kier molecular flexibility index (Phi) is 4.28. The second-order valence-electron chi connectivity index (χ2n) is 6.30. The van der Waals surface area contributed by atoms with Crippen LogP contribution in [0.25, 0.3) is 10.9 Å². The van der Waals surface area contributed by atoms with E-state index in [0.29, 0.717) is 25.1 Å². The van der Waals surface area contributed by atoms with Gasteiger partial charge in [-0.15, -0.1) is 0 Å². The van der Waals surface area contributed by atoms with Crippen molar-refractivity contribution in [2.24, 2.45) is 0 Å². The fraction of sp³-hybridized carbons (Fsp3) is 0.200. The summed E-state index contributed by atoms with van der Waals surface area (Å²) in [7, 11) is 0. The van der Waals surface area contributed by atoms with Gasteiger partial charge < -0.3 is 9.74 Å². The molecule has 0 atom stereocenters. The number of halogens is 1. The van der Waals surface area contributed by atoms with Gasteiger partial charge in [0, 0.05) is 47.4 Å². The van der Waals surface area contributed by atoms with Crippen LogP contribution in [0.4, 0.5) is 0 Å². The third-order valence-electron chi connectivity index (χ3n) is 4.61. The molecule has 0 spiro atoms. The van der Waals surface area contributed by atoms with E-state index in [0.717, 1.165) is 26.6 Å². The summed E-state index contributed by atoms with van der Waals surface area (Å²) in [5, 5.41) is 1.01. The highest BCUT2D eigenvalue weighted by Gasteiger charge is 2.28. The standard InChI is InChI=1S/C20H17BrN2O3/c1-13(24)26-23-18-5-3-2-4-16(18)17-12-22(11-10-19(17)23)20(25)14-6-8-15(21)9-7-14/h2-9H,10-12H2,1H3. The Labute approximate surface area is 159 Å². The number of benzene rings is 2. The Morgan fingerprint density at radius 1 is 1.08 bits per heavy atom. The number of rotatable bonds is 2. The lowest BCUT2D eigenvalue weighted by Gasteiger charge is -2.28. The molecular formula is C20H17BrN2O3. The summed E-state index contributed by atoms with van der Waals surface area (Å²) in [6.45, 7) is 2.48. The summed E-state index contributed by atoms with van der Waals surface area (Å²) in [6, 6.07) is 15.2. The molecule has 1 amide bonds. The first-order valence-electron chi connectivity index (χ1n) is 8.39. The third-order valence-corrected chi connectivity index (χ3v) is 5.14. The van der Waals surface area contributed by atoms with Gasteiger partial charge in [-0.3, -0.25) is 4.79 Å². The van der Waals surface area contributed by atoms with Crippen LogP contribution in [0.2, 0.25) is 0 Å². The first kappa shape index (κ1) is 16.8. The van der Waals surface area contributed by atoms with Crippen LogP contribution in [-0.4, -0.2) is 28.1 Å². The van der Waals surface area contributed by atoms with Crippen molar-refractivity contribution in [2.45, 2.75) is 19.9 Å². The molecule has 6 heteroatoms. The van der Waals surface area contributed by atoms with Crippen molar-refractivity contribution in [3.63, 3.8) is 0 Å². The number of hydrogen-bond donors (Lipinski definition) is 0. The number of nitrogens with zero attached hydrogens (tertiary/aromatic N) is 2. The number of fused-ring (bicyclic) bond motifs is 3. The van der Waals surface area contributed by atoms with Gasteiger partial charge in [0.2, 0.25) is 0 Å². The van der Waals surface area contributed by atoms with Gasteiger partial charge in [-0.1, -0.05) is 34.1 Å². The van der Waals surface area contributed by atoms with Crippen molar-refractivity contribution in [1.29, 1.82) is 0 Å². The largest absolute Gasteiger partial charge is 0.337 e. The predicted octanol–water partition coefficient (Wildman–Crippen LogP) is 3.58. The van der Waals surface area contributed by atoms with E-state index in [1.165, 1.54) is 6.92 Å². The smallest absolute Gasteiger partial charge is 0.329 e. The maximum atomic E-state index is 12.9. The van der Waals surface area contributed by atoms with Gasteiger partial charge >= 0.3 is 5.97 Å². The first-order valence-corrected chi connectivity index (χ1v) is 9.19. The van der Waals surface area contributed by atoms with E-state index in [4.69, 9.17) is 4.84 Å². The Balaban J connectivity index is 1.71. The van der Waals surface area contributed by atoms with E-state index in [2.05, 4.69) is 15.9 Å². The van der Waals surface area contributed by atoms with E-state index in [1.54, 1.807) is 4.73 Å². The average molecular weight is 413 g/mol. The van der Waals surface area contributed by atoms with Crippen LogP contribution in [0.1, 0.15) is 28.5 Å². The molecule has 0 fully saturated rings. The normalized spacial score (nSPS) is 13.5. The molecule has 0 N–H and O–H groups in total. The fourth-order valence-corrected chi connectivity index (χ4v) is 3.71. The molecule has 2 heterocycles. The molecule has 0 bridgehead atoms. The lowest BCUT2D eigenvalue weighted by Crippen LogP contribution is -2.36. The molecule has 0 saturated carbocycles. The zero-order valence-electron chi connectivity index (χ0n) is 14.2. The Hall–Kier alpha value is -2.60. The van der Waals surface area contributed by atoms with Crippen molar-refractivity contribution in [1.82, 2.24) is 9.63 Å². The van der Waals surface area contributed by atoms with Gasteiger partial charge in [-0.2, -0.15) is 4.73 Å². The fourth-order valence-electron chi connectivity index (χ4n) is 3.45. The number of hydrogen-bond acceptors (Lipinski definition) is 3. The minimum absolute atomic E-state index is 0.00691. The van der Waals surface area contributed by atoms with Gasteiger partial charge in [0.05, 0.1) is 11.2 Å². The van der Waals surface area contributed by atoms with Crippen molar-refractivity contribution in [3.05, 3.63) is 69.8 Å². The average Bonchev–Trinajstić information content (AvgIpc) is 2.95. The summed E-state index contributed by atoms with van der Waals surface area (Å²) >= 11 is 3.39. The van der Waals surface area contributed by atoms with E-state index in [9.17, 15) is 9.59 Å². The molecule has 0 aliphatic carbocycles. The van der Waals surface area contributed by atoms with Gasteiger partial charge in [-0.25, -0.2) is 4.79 Å². The first-order chi connectivity index (χ1) is 12.5. The van der Waals surface area contributed by atoms with Crippen LogP contribution in [0, 0.1) is 0 Å². The van der Waals surface area contributed by atoms with Crippen LogP contribution in [-0.2, 0) is 17.8 Å². The quantitative estimate of drug-likeness (QED) is 0.646. The summed E-state index contributed by atoms with van der Waals surface area (Å²) < 4.78 is 2.56. The van der Waals surface area contributed by atoms with Crippen LogP contribution in [0.5, 0.6) is 0 Å². The zero-order chi connectivity index (χ0) is 18.3. The lowest BCUT2D eigenvalue weighted by molar-refractivity contribution is -0.141. The van der Waals surface area contributed by atoms with Crippen molar-refractivity contribution in [3.8, 4) is 0 Å². The molecule has 0 unspecified atom stereocenters. The Morgan fingerprint density at radius 3 is 2.54 bits per heavy atom. The van der Waals surface area contributed by atoms with E-state index in [1.807, 2.05) is 53.4 Å². The second kappa shape index (κ2) is 6.61. The molecule has 4 rings (SSSR count). The highest BCUT2D eigenvalue weighted by Crippen LogP contribution is 2.31. The Bertz CT molecular complexity index is 1010. The summed E-state index contributed by atoms with van der Waals surface area (Å²) in [6.07, 6.45) is 0.638. The molecule has 26 heavy (non-hydrogen) atoms. The number of amides is 1. The van der Waals surface area contributed by atoms with Crippen LogP contribution in [0.3, 0.4) is 0 Å². The molecule has 0 radical (unpaired) electrons. The zero-order valence-corrected chi connectivity index (χ0v) is 15.8. The maximum Gasteiger partial charge on any atom is 0.329 e. The van der Waals surface area contributed by atoms with Crippen molar-refractivity contribution >= 4 is 38.7 Å². The monoisotopic (exact) mass is 412 g/mol. The van der Waals surface area contributed by atoms with E-state index in [-0.39, 0.29) is 11.9 Å². The minimum atomic E-state index is -0.359. The number of para-hydroxylation sites is 1. The van der Waals surface area contributed by atoms with Gasteiger partial charge in [0.1, 0.15) is 0 Å². The van der Waals surface area contributed by atoms with Crippen molar-refractivity contribution < 1.29 is 14.4 Å². The molecule has 1 aliphatic rings. The molecule has 0 saturated heterocycles. The molecule has 2 aromatic carbocycles. The molecule has 1 aliphatic heterocycles. The maximum absolute atomic E-state index is 12.9. The molecule has 1 aromatic heterocycles. The van der Waals surface area contributed by atoms with E-state index >= 15 is 0 Å². The van der Waals surface area contributed by atoms with Gasteiger partial charge in [0.25, 0.3) is 5.91 Å². The van der Waals surface area contributed by atoms with Crippen LogP contribution in [0.15, 0.2) is 53.0 Å².